The molecule has 1 nitrogen and oxygen atoms in total. The Morgan fingerprint density at radius 1 is 1.00 bits per heavy atom. The van der Waals surface area contributed by atoms with Gasteiger partial charge in [-0.25, -0.2) is 0 Å². The van der Waals surface area contributed by atoms with Crippen molar-refractivity contribution in [2.24, 2.45) is 10.4 Å². The zero-order chi connectivity index (χ0) is 7.71. The third kappa shape index (κ3) is 1.81. The van der Waals surface area contributed by atoms with Gasteiger partial charge in [-0.05, 0) is 26.0 Å². The Hall–Kier alpha value is -0.330. The van der Waals surface area contributed by atoms with Crippen LogP contribution in [0.25, 0.3) is 0 Å². The fraction of sp³-hybridized carbons (Fsp3) is 0.875. The average molecular weight is 127 g/mol. The van der Waals surface area contributed by atoms with Gasteiger partial charge < -0.3 is 0 Å². The van der Waals surface area contributed by atoms with Crippen molar-refractivity contribution in [1.29, 1.82) is 0 Å². The lowest BCUT2D eigenvalue weighted by Gasteiger charge is -2.34. The predicted molar refractivity (Wildman–Crippen MR) is 43.1 cm³/mol. The van der Waals surface area contributed by atoms with E-state index in [-0.39, 0.29) is 11.0 Å². The molecule has 0 aliphatic heterocycles. The molecule has 0 bridgehead atoms. The van der Waals surface area contributed by atoms with E-state index in [1.54, 1.807) is 0 Å². The van der Waals surface area contributed by atoms with Gasteiger partial charge in [0.2, 0.25) is 0 Å². The molecule has 0 saturated heterocycles. The van der Waals surface area contributed by atoms with E-state index >= 15 is 0 Å². The summed E-state index contributed by atoms with van der Waals surface area (Å²) in [6.07, 6.45) is 0. The maximum absolute atomic E-state index is 4.04. The minimum atomic E-state index is -0.00694. The van der Waals surface area contributed by atoms with Crippen molar-refractivity contribution in [1.82, 2.24) is 0 Å². The molecule has 0 aromatic heterocycles. The summed E-state index contributed by atoms with van der Waals surface area (Å²) in [5.41, 5.74) is 0.210. The number of rotatable bonds is 1. The van der Waals surface area contributed by atoms with Crippen LogP contribution >= 0.6 is 0 Å². The van der Waals surface area contributed by atoms with Crippen LogP contribution in [0.4, 0.5) is 0 Å². The first-order valence-corrected chi connectivity index (χ1v) is 3.29. The van der Waals surface area contributed by atoms with Crippen LogP contribution in [0, 0.1) is 5.41 Å². The number of nitrogens with zero attached hydrogens (tertiary/aromatic N) is 1. The normalized spacial score (nSPS) is 13.4. The van der Waals surface area contributed by atoms with Crippen LogP contribution in [0.5, 0.6) is 0 Å². The topological polar surface area (TPSA) is 12.4 Å². The fourth-order valence-corrected chi connectivity index (χ4v) is 0.237. The second-order valence-corrected chi connectivity index (χ2v) is 3.97. The van der Waals surface area contributed by atoms with E-state index < -0.39 is 0 Å². The van der Waals surface area contributed by atoms with Gasteiger partial charge in [0.15, 0.2) is 0 Å². The van der Waals surface area contributed by atoms with Crippen molar-refractivity contribution >= 4 is 6.72 Å². The van der Waals surface area contributed by atoms with Gasteiger partial charge in [-0.1, -0.05) is 20.8 Å². The molecule has 9 heavy (non-hydrogen) atoms. The van der Waals surface area contributed by atoms with E-state index in [0.717, 1.165) is 0 Å². The van der Waals surface area contributed by atoms with Gasteiger partial charge in [0.1, 0.15) is 0 Å². The van der Waals surface area contributed by atoms with E-state index in [9.17, 15) is 0 Å². The van der Waals surface area contributed by atoms with Gasteiger partial charge in [-0.15, -0.1) is 0 Å². The molecule has 0 aliphatic rings. The molecule has 0 atom stereocenters. The van der Waals surface area contributed by atoms with Gasteiger partial charge in [0.05, 0.1) is 5.54 Å². The molecule has 0 rings (SSSR count). The SMILES string of the molecule is C=NC(C)(C)C(C)(C)C. The summed E-state index contributed by atoms with van der Waals surface area (Å²) in [6, 6.07) is 0. The minimum absolute atomic E-state index is 0.00694. The Bertz CT molecular complexity index is 106. The Labute approximate surface area is 58.2 Å². The molecule has 0 aromatic carbocycles. The molecule has 0 fully saturated rings. The standard InChI is InChI=1S/C8H17N/c1-7(2,3)8(4,5)9-6/h6H2,1-5H3. The van der Waals surface area contributed by atoms with E-state index in [2.05, 4.69) is 46.3 Å². The average Bonchev–Trinajstić information content (AvgIpc) is 1.64. The lowest BCUT2D eigenvalue weighted by atomic mass is 9.77. The molecule has 0 radical (unpaired) electrons. The van der Waals surface area contributed by atoms with Crippen molar-refractivity contribution in [3.05, 3.63) is 0 Å². The minimum Gasteiger partial charge on any atom is -0.294 e. The number of hydrogen-bond donors (Lipinski definition) is 0. The van der Waals surface area contributed by atoms with Crippen LogP contribution in [0.1, 0.15) is 34.6 Å². The molecule has 1 heteroatoms. The highest BCUT2D eigenvalue weighted by molar-refractivity contribution is 5.26. The lowest BCUT2D eigenvalue weighted by Crippen LogP contribution is -2.34. The van der Waals surface area contributed by atoms with Crippen molar-refractivity contribution in [2.45, 2.75) is 40.2 Å². The second kappa shape index (κ2) is 2.13. The van der Waals surface area contributed by atoms with Gasteiger partial charge in [-0.2, -0.15) is 0 Å². The zero-order valence-corrected chi connectivity index (χ0v) is 7.15. The van der Waals surface area contributed by atoms with Gasteiger partial charge in [0, 0.05) is 0 Å². The van der Waals surface area contributed by atoms with Gasteiger partial charge >= 0.3 is 0 Å². The monoisotopic (exact) mass is 127 g/mol. The predicted octanol–water partition coefficient (Wildman–Crippen LogP) is 2.51. The summed E-state index contributed by atoms with van der Waals surface area (Å²) >= 11 is 0. The van der Waals surface area contributed by atoms with Crippen molar-refractivity contribution < 1.29 is 0 Å². The van der Waals surface area contributed by atoms with Gasteiger partial charge in [-0.3, -0.25) is 4.99 Å². The molecular weight excluding hydrogens is 110 g/mol. The molecule has 0 heterocycles. The molecule has 0 N–H and O–H groups in total. The van der Waals surface area contributed by atoms with Crippen LogP contribution in [-0.4, -0.2) is 12.3 Å². The van der Waals surface area contributed by atoms with Gasteiger partial charge in [0.25, 0.3) is 0 Å². The third-order valence-corrected chi connectivity index (χ3v) is 2.23. The second-order valence-electron chi connectivity index (χ2n) is 3.97. The summed E-state index contributed by atoms with van der Waals surface area (Å²) in [7, 11) is 0. The Balaban J connectivity index is 4.32. The summed E-state index contributed by atoms with van der Waals surface area (Å²) in [6.45, 7) is 14.2. The molecule has 0 unspecified atom stereocenters. The van der Waals surface area contributed by atoms with Crippen LogP contribution < -0.4 is 0 Å². The smallest absolute Gasteiger partial charge is 0.0593 e. The quantitative estimate of drug-likeness (QED) is 0.480. The maximum atomic E-state index is 4.04. The molecule has 0 saturated carbocycles. The van der Waals surface area contributed by atoms with E-state index in [4.69, 9.17) is 0 Å². The Morgan fingerprint density at radius 3 is 1.33 bits per heavy atom. The first kappa shape index (κ1) is 8.67. The number of aliphatic imine (C=N–C) groups is 1. The van der Waals surface area contributed by atoms with Crippen LogP contribution in [0.2, 0.25) is 0 Å². The maximum Gasteiger partial charge on any atom is 0.0593 e. The summed E-state index contributed by atoms with van der Waals surface area (Å²) in [5.74, 6) is 0. The lowest BCUT2D eigenvalue weighted by molar-refractivity contribution is 0.234. The van der Waals surface area contributed by atoms with Crippen molar-refractivity contribution in [3.63, 3.8) is 0 Å². The highest BCUT2D eigenvalue weighted by Crippen LogP contribution is 2.32. The van der Waals surface area contributed by atoms with Crippen molar-refractivity contribution in [2.75, 3.05) is 0 Å². The molecule has 0 amide bonds. The van der Waals surface area contributed by atoms with Crippen LogP contribution in [0.15, 0.2) is 4.99 Å². The number of hydrogen-bond acceptors (Lipinski definition) is 1. The largest absolute Gasteiger partial charge is 0.294 e. The first-order valence-electron chi connectivity index (χ1n) is 3.29. The molecule has 0 aromatic rings. The molecular formula is C8H17N. The fourth-order valence-electron chi connectivity index (χ4n) is 0.237. The highest BCUT2D eigenvalue weighted by Gasteiger charge is 2.30. The van der Waals surface area contributed by atoms with Crippen molar-refractivity contribution in [3.8, 4) is 0 Å². The van der Waals surface area contributed by atoms with E-state index in [1.165, 1.54) is 0 Å². The Morgan fingerprint density at radius 2 is 1.33 bits per heavy atom. The van der Waals surface area contributed by atoms with Crippen LogP contribution in [0.3, 0.4) is 0 Å². The zero-order valence-electron chi connectivity index (χ0n) is 7.15. The van der Waals surface area contributed by atoms with E-state index in [1.807, 2.05) is 0 Å². The van der Waals surface area contributed by atoms with E-state index in [0.29, 0.717) is 0 Å². The van der Waals surface area contributed by atoms with Crippen LogP contribution in [-0.2, 0) is 0 Å². The summed E-state index contributed by atoms with van der Waals surface area (Å²) in [4.78, 5) is 4.04. The molecule has 0 aliphatic carbocycles. The highest BCUT2D eigenvalue weighted by atomic mass is 14.8. The first-order chi connectivity index (χ1) is 3.81. The molecule has 0 spiro atoms. The third-order valence-electron chi connectivity index (χ3n) is 2.23. The Kier molecular flexibility index (Phi) is 2.05. The summed E-state index contributed by atoms with van der Waals surface area (Å²) in [5, 5.41) is 0. The molecule has 54 valence electrons. The summed E-state index contributed by atoms with van der Waals surface area (Å²) < 4.78 is 0.